The lowest BCUT2D eigenvalue weighted by molar-refractivity contribution is 0.285. The number of allylic oxidation sites excluding steroid dienone is 8. The predicted molar refractivity (Wildman–Crippen MR) is 217 cm³/mol. The molecule has 3 heterocycles. The highest BCUT2D eigenvalue weighted by atomic mass is 16.3. The molecule has 248 valence electrons. The fraction of sp³-hybridized carbons (Fsp3) is 0.102. The largest absolute Gasteiger partial charge is 0.454 e. The van der Waals surface area contributed by atoms with Crippen molar-refractivity contribution in [2.24, 2.45) is 17.3 Å². The molecular weight excluding hydrogens is 633 g/mol. The van der Waals surface area contributed by atoms with E-state index in [2.05, 4.69) is 187 Å². The van der Waals surface area contributed by atoms with Crippen LogP contribution in [0.2, 0.25) is 0 Å². The molecule has 1 spiro atoms. The minimum atomic E-state index is -0.144. The highest BCUT2D eigenvalue weighted by molar-refractivity contribution is 6.14. The van der Waals surface area contributed by atoms with Gasteiger partial charge in [0, 0.05) is 49.8 Å². The maximum Gasteiger partial charge on any atom is 0.159 e. The van der Waals surface area contributed by atoms with E-state index in [-0.39, 0.29) is 17.3 Å². The zero-order valence-electron chi connectivity index (χ0n) is 29.1. The lowest BCUT2D eigenvalue weighted by atomic mass is 9.57. The summed E-state index contributed by atoms with van der Waals surface area (Å²) in [5, 5.41) is 4.74. The van der Waals surface area contributed by atoms with E-state index in [1.807, 2.05) is 6.07 Å². The van der Waals surface area contributed by atoms with Crippen molar-refractivity contribution < 1.29 is 4.42 Å². The maximum atomic E-state index is 6.57. The molecule has 1 aliphatic heterocycles. The summed E-state index contributed by atoms with van der Waals surface area (Å²) in [6.07, 6.45) is 12.0. The van der Waals surface area contributed by atoms with Gasteiger partial charge in [0.25, 0.3) is 0 Å². The Kier molecular flexibility index (Phi) is 6.13. The number of benzene rings is 6. The summed E-state index contributed by atoms with van der Waals surface area (Å²) in [6, 6.07) is 50.5. The van der Waals surface area contributed by atoms with Crippen LogP contribution < -0.4 is 4.90 Å². The molecule has 2 aromatic heterocycles. The summed E-state index contributed by atoms with van der Waals surface area (Å²) < 4.78 is 8.95. The average Bonchev–Trinajstić information content (AvgIpc) is 3.74. The Bertz CT molecular complexity index is 2900. The predicted octanol–water partition coefficient (Wildman–Crippen LogP) is 13.0. The molecule has 3 atom stereocenters. The SMILES string of the molecule is CC1C2=CC=CC13C=CC(c1ccc4c(c1)c1ccccc1n4-c1cccc4c1oc1ccccc14)=C(c1ccccc1N2c1ccccc1)C3C. The minimum absolute atomic E-state index is 0.144. The summed E-state index contributed by atoms with van der Waals surface area (Å²) in [5.41, 5.74) is 14.0. The number of nitrogens with zero attached hydrogens (tertiary/aromatic N) is 2. The van der Waals surface area contributed by atoms with Gasteiger partial charge >= 0.3 is 0 Å². The Balaban J connectivity index is 1.17. The van der Waals surface area contributed by atoms with Gasteiger partial charge in [-0.05, 0) is 77.2 Å². The third kappa shape index (κ3) is 3.91. The van der Waals surface area contributed by atoms with Crippen molar-refractivity contribution >= 4 is 66.3 Å². The third-order valence-corrected chi connectivity index (χ3v) is 12.2. The molecule has 52 heavy (non-hydrogen) atoms. The number of fused-ring (bicyclic) bond motifs is 10. The maximum absolute atomic E-state index is 6.57. The summed E-state index contributed by atoms with van der Waals surface area (Å²) in [4.78, 5) is 2.50. The molecule has 0 amide bonds. The second-order valence-corrected chi connectivity index (χ2v) is 14.6. The lowest BCUT2D eigenvalue weighted by Gasteiger charge is -2.50. The zero-order valence-corrected chi connectivity index (χ0v) is 29.1. The molecule has 0 radical (unpaired) electrons. The molecule has 0 saturated heterocycles. The summed E-state index contributed by atoms with van der Waals surface area (Å²) in [6.45, 7) is 4.85. The number of furan rings is 1. The van der Waals surface area contributed by atoms with Gasteiger partial charge in [-0.15, -0.1) is 0 Å². The smallest absolute Gasteiger partial charge is 0.159 e. The number of para-hydroxylation sites is 5. The van der Waals surface area contributed by atoms with Gasteiger partial charge < -0.3 is 13.9 Å². The molecule has 0 fully saturated rings. The van der Waals surface area contributed by atoms with Gasteiger partial charge in [-0.25, -0.2) is 0 Å². The fourth-order valence-corrected chi connectivity index (χ4v) is 9.63. The molecule has 2 aliphatic carbocycles. The van der Waals surface area contributed by atoms with Gasteiger partial charge in [0.2, 0.25) is 0 Å². The molecule has 8 aromatic rings. The molecule has 3 bridgehead atoms. The van der Waals surface area contributed by atoms with Crippen LogP contribution in [0.4, 0.5) is 11.4 Å². The number of rotatable bonds is 3. The Morgan fingerprint density at radius 3 is 2.23 bits per heavy atom. The molecule has 0 saturated carbocycles. The fourth-order valence-electron chi connectivity index (χ4n) is 9.63. The van der Waals surface area contributed by atoms with Gasteiger partial charge in [-0.1, -0.05) is 129 Å². The zero-order chi connectivity index (χ0) is 34.6. The normalized spacial score (nSPS) is 20.8. The van der Waals surface area contributed by atoms with Crippen molar-refractivity contribution in [1.29, 1.82) is 0 Å². The van der Waals surface area contributed by atoms with Crippen LogP contribution in [0.1, 0.15) is 25.0 Å². The number of anilines is 2. The molecule has 6 aromatic carbocycles. The van der Waals surface area contributed by atoms with Crippen molar-refractivity contribution in [2.45, 2.75) is 13.8 Å². The summed E-state index contributed by atoms with van der Waals surface area (Å²) in [7, 11) is 0. The molecule has 0 N–H and O–H groups in total. The van der Waals surface area contributed by atoms with Gasteiger partial charge in [-0.2, -0.15) is 0 Å². The Morgan fingerprint density at radius 2 is 1.33 bits per heavy atom. The van der Waals surface area contributed by atoms with Gasteiger partial charge in [0.1, 0.15) is 5.58 Å². The summed E-state index contributed by atoms with van der Waals surface area (Å²) >= 11 is 0. The minimum Gasteiger partial charge on any atom is -0.454 e. The van der Waals surface area contributed by atoms with Gasteiger partial charge in [0.05, 0.1) is 22.4 Å². The first kappa shape index (κ1) is 29.4. The van der Waals surface area contributed by atoms with E-state index in [9.17, 15) is 0 Å². The van der Waals surface area contributed by atoms with Crippen LogP contribution >= 0.6 is 0 Å². The Hall–Kier alpha value is -6.32. The molecule has 3 heteroatoms. The molecule has 11 rings (SSSR count). The van der Waals surface area contributed by atoms with Crippen LogP contribution in [0.15, 0.2) is 180 Å². The number of aromatic nitrogens is 1. The first-order valence-corrected chi connectivity index (χ1v) is 18.3. The van der Waals surface area contributed by atoms with Crippen LogP contribution in [0, 0.1) is 17.3 Å². The number of hydrogen-bond donors (Lipinski definition) is 0. The standard InChI is InChI=1S/C49H36N2O/c1-31-41-23-13-28-49(31)29-27-35(47(32(49)2)39-18-7-10-21-43(39)50(41)34-14-4-3-5-15-34)33-25-26-44-40(30-33)36-16-6-9-20-42(36)51(44)45-22-12-19-38-37-17-8-11-24-46(37)52-48(38)45/h3-32H,1-2H3. The molecule has 3 nitrogen and oxygen atoms in total. The molecular formula is C49H36N2O. The highest BCUT2D eigenvalue weighted by Crippen LogP contribution is 2.59. The van der Waals surface area contributed by atoms with Crippen molar-refractivity contribution in [3.8, 4) is 5.69 Å². The van der Waals surface area contributed by atoms with Crippen molar-refractivity contribution in [3.05, 3.63) is 187 Å². The van der Waals surface area contributed by atoms with Crippen LogP contribution in [0.3, 0.4) is 0 Å². The van der Waals surface area contributed by atoms with Crippen LogP contribution in [0.25, 0.3) is 60.6 Å². The second kappa shape index (κ2) is 10.8. The Labute approximate surface area is 302 Å². The van der Waals surface area contributed by atoms with E-state index in [4.69, 9.17) is 4.42 Å². The van der Waals surface area contributed by atoms with E-state index in [1.165, 1.54) is 61.2 Å². The van der Waals surface area contributed by atoms with Crippen LogP contribution in [-0.4, -0.2) is 4.57 Å². The summed E-state index contributed by atoms with van der Waals surface area (Å²) in [5.74, 6) is 0.527. The number of hydrogen-bond acceptors (Lipinski definition) is 2. The van der Waals surface area contributed by atoms with E-state index in [0.29, 0.717) is 0 Å². The third-order valence-electron chi connectivity index (χ3n) is 12.2. The monoisotopic (exact) mass is 668 g/mol. The van der Waals surface area contributed by atoms with E-state index < -0.39 is 0 Å². The quantitative estimate of drug-likeness (QED) is 0.187. The van der Waals surface area contributed by atoms with Crippen molar-refractivity contribution in [3.63, 3.8) is 0 Å². The van der Waals surface area contributed by atoms with Gasteiger partial charge in [0.15, 0.2) is 5.58 Å². The molecule has 3 aliphatic rings. The Morgan fingerprint density at radius 1 is 0.596 bits per heavy atom. The first-order valence-electron chi connectivity index (χ1n) is 18.3. The molecule has 3 unspecified atom stereocenters. The van der Waals surface area contributed by atoms with Crippen molar-refractivity contribution in [2.75, 3.05) is 4.90 Å². The van der Waals surface area contributed by atoms with E-state index in [0.717, 1.165) is 27.6 Å². The van der Waals surface area contributed by atoms with Crippen LogP contribution in [0.5, 0.6) is 0 Å². The highest BCUT2D eigenvalue weighted by Gasteiger charge is 2.48. The topological polar surface area (TPSA) is 21.3 Å². The second-order valence-electron chi connectivity index (χ2n) is 14.6. The average molecular weight is 669 g/mol. The first-order chi connectivity index (χ1) is 25.6. The van der Waals surface area contributed by atoms with E-state index >= 15 is 0 Å². The van der Waals surface area contributed by atoms with Gasteiger partial charge in [-0.3, -0.25) is 0 Å². The van der Waals surface area contributed by atoms with Crippen molar-refractivity contribution in [1.82, 2.24) is 4.57 Å². The van der Waals surface area contributed by atoms with Crippen LogP contribution in [-0.2, 0) is 0 Å². The lowest BCUT2D eigenvalue weighted by Crippen LogP contribution is -2.42. The van der Waals surface area contributed by atoms with E-state index in [1.54, 1.807) is 0 Å².